The van der Waals surface area contributed by atoms with Crippen LogP contribution in [0.3, 0.4) is 0 Å². The minimum Gasteiger partial charge on any atom is -0.396 e. The number of anilines is 2. The average molecular weight is 278 g/mol. The van der Waals surface area contributed by atoms with Crippen molar-refractivity contribution < 1.29 is 18.2 Å². The Labute approximate surface area is 109 Å². The van der Waals surface area contributed by atoms with Crippen LogP contribution < -0.4 is 21.2 Å². The Bertz CT molecular complexity index is 712. The van der Waals surface area contributed by atoms with Crippen LogP contribution in [-0.2, 0) is 9.84 Å². The van der Waals surface area contributed by atoms with E-state index >= 15 is 0 Å². The van der Waals surface area contributed by atoms with E-state index in [0.29, 0.717) is 0 Å². The number of nitrogen functional groups attached to an aromatic ring is 2. The molecule has 2 aromatic rings. The Morgan fingerprint density at radius 3 is 1.58 bits per heavy atom. The van der Waals surface area contributed by atoms with Gasteiger partial charge < -0.3 is 11.5 Å². The van der Waals surface area contributed by atoms with Gasteiger partial charge in [0.25, 0.3) is 0 Å². The van der Waals surface area contributed by atoms with E-state index in [9.17, 15) is 8.42 Å². The number of benzene rings is 2. The van der Waals surface area contributed by atoms with E-state index in [4.69, 9.17) is 21.2 Å². The first-order valence-electron chi connectivity index (χ1n) is 5.37. The van der Waals surface area contributed by atoms with Crippen LogP contribution in [0.25, 0.3) is 0 Å². The number of hydrogen-bond donors (Lipinski definition) is 2. The van der Waals surface area contributed by atoms with Crippen molar-refractivity contribution in [3.63, 3.8) is 0 Å². The molecule has 0 saturated carbocycles. The second-order valence-electron chi connectivity index (χ2n) is 4.07. The number of sulfone groups is 1. The maximum absolute atomic E-state index is 12.4. The Kier molecular flexibility index (Phi) is 2.33. The molecule has 4 aliphatic rings. The topological polar surface area (TPSA) is 105 Å². The van der Waals surface area contributed by atoms with Crippen LogP contribution in [-0.4, -0.2) is 8.42 Å². The molecule has 0 aromatic heterocycles. The van der Waals surface area contributed by atoms with Crippen molar-refractivity contribution in [1.29, 1.82) is 0 Å². The van der Waals surface area contributed by atoms with Crippen molar-refractivity contribution in [2.45, 2.75) is 9.79 Å². The Hall–Kier alpha value is -2.41. The largest absolute Gasteiger partial charge is 0.396 e. The monoisotopic (exact) mass is 278 g/mol. The lowest BCUT2D eigenvalue weighted by atomic mass is 10.3. The fraction of sp³-hybridized carbons (Fsp3) is 0. The van der Waals surface area contributed by atoms with Crippen molar-refractivity contribution in [2.24, 2.45) is 0 Å². The molecule has 0 unspecified atom stereocenters. The summed E-state index contributed by atoms with van der Waals surface area (Å²) in [6.45, 7) is 0. The molecule has 0 fully saturated rings. The zero-order valence-corrected chi connectivity index (χ0v) is 10.5. The maximum Gasteiger partial charge on any atom is 0.206 e. The molecule has 19 heavy (non-hydrogen) atoms. The normalized spacial score (nSPS) is 15.4. The van der Waals surface area contributed by atoms with Crippen molar-refractivity contribution in [3.8, 4) is 11.5 Å². The van der Waals surface area contributed by atoms with Crippen molar-refractivity contribution in [3.05, 3.63) is 36.4 Å². The van der Waals surface area contributed by atoms with E-state index in [1.807, 2.05) is 0 Å². The third-order valence-electron chi connectivity index (χ3n) is 2.80. The molecule has 6 nitrogen and oxygen atoms in total. The standard InChI is InChI=1S/C12H10N2O4S/c13-9-5-7-1-3-11(9)17-18-12-4-2-8(6-10(12)14)19(7,15)16/h1-6H,13-14H2. The zero-order chi connectivity index (χ0) is 13.6. The first kappa shape index (κ1) is 11.7. The summed E-state index contributed by atoms with van der Waals surface area (Å²) < 4.78 is 24.8. The predicted molar refractivity (Wildman–Crippen MR) is 68.4 cm³/mol. The third kappa shape index (κ3) is 1.75. The van der Waals surface area contributed by atoms with Gasteiger partial charge in [0.15, 0.2) is 0 Å². The molecule has 0 aliphatic carbocycles. The van der Waals surface area contributed by atoms with Crippen molar-refractivity contribution >= 4 is 21.2 Å². The molecule has 4 aliphatic heterocycles. The molecule has 4 heterocycles. The van der Waals surface area contributed by atoms with Crippen LogP contribution >= 0.6 is 0 Å². The summed E-state index contributed by atoms with van der Waals surface area (Å²) in [6, 6.07) is 8.32. The molecule has 4 N–H and O–H groups in total. The molecule has 0 spiro atoms. The smallest absolute Gasteiger partial charge is 0.206 e. The van der Waals surface area contributed by atoms with Gasteiger partial charge >= 0.3 is 0 Å². The molecular weight excluding hydrogens is 268 g/mol. The SMILES string of the molecule is Nc1cc2ccc1OOc1ccc(cc1N)S2(=O)=O. The summed E-state index contributed by atoms with van der Waals surface area (Å²) in [4.78, 5) is 10.3. The van der Waals surface area contributed by atoms with Gasteiger partial charge in [0.2, 0.25) is 21.3 Å². The van der Waals surface area contributed by atoms with E-state index in [-0.39, 0.29) is 32.7 Å². The van der Waals surface area contributed by atoms with Gasteiger partial charge in [-0.25, -0.2) is 8.42 Å². The van der Waals surface area contributed by atoms with Gasteiger partial charge in [0.05, 0.1) is 21.2 Å². The molecule has 6 rings (SSSR count). The van der Waals surface area contributed by atoms with Gasteiger partial charge in [0, 0.05) is 0 Å². The average Bonchev–Trinajstić information content (AvgIpc) is 2.41. The van der Waals surface area contributed by atoms with Gasteiger partial charge in [-0.3, -0.25) is 9.78 Å². The predicted octanol–water partition coefficient (Wildman–Crippen LogP) is 1.37. The minimum atomic E-state index is -3.66. The third-order valence-corrected chi connectivity index (χ3v) is 4.55. The molecule has 7 heteroatoms. The van der Waals surface area contributed by atoms with Crippen LogP contribution in [0.4, 0.5) is 11.4 Å². The summed E-state index contributed by atoms with van der Waals surface area (Å²) in [5, 5.41) is 0. The summed E-state index contributed by atoms with van der Waals surface area (Å²) in [7, 11) is -3.66. The highest BCUT2D eigenvalue weighted by atomic mass is 32.2. The van der Waals surface area contributed by atoms with E-state index in [1.165, 1.54) is 36.4 Å². The molecule has 4 bridgehead atoms. The maximum atomic E-state index is 12.4. The lowest BCUT2D eigenvalue weighted by molar-refractivity contribution is -0.0984. The summed E-state index contributed by atoms with van der Waals surface area (Å²) >= 11 is 0. The van der Waals surface area contributed by atoms with E-state index in [2.05, 4.69) is 0 Å². The zero-order valence-electron chi connectivity index (χ0n) is 9.66. The van der Waals surface area contributed by atoms with Gasteiger partial charge in [-0.15, -0.1) is 0 Å². The molecule has 2 aromatic carbocycles. The first-order valence-corrected chi connectivity index (χ1v) is 6.85. The highest BCUT2D eigenvalue weighted by molar-refractivity contribution is 7.91. The van der Waals surface area contributed by atoms with Crippen LogP contribution in [0, 0.1) is 0 Å². The lowest BCUT2D eigenvalue weighted by Crippen LogP contribution is -2.04. The lowest BCUT2D eigenvalue weighted by Gasteiger charge is -2.08. The van der Waals surface area contributed by atoms with Crippen molar-refractivity contribution in [2.75, 3.05) is 11.5 Å². The van der Waals surface area contributed by atoms with Crippen molar-refractivity contribution in [1.82, 2.24) is 0 Å². The van der Waals surface area contributed by atoms with E-state index in [0.717, 1.165) is 0 Å². The van der Waals surface area contributed by atoms with Gasteiger partial charge in [-0.1, -0.05) is 0 Å². The highest BCUT2D eigenvalue weighted by Gasteiger charge is 2.22. The highest BCUT2D eigenvalue weighted by Crippen LogP contribution is 2.33. The quantitative estimate of drug-likeness (QED) is 0.557. The Morgan fingerprint density at radius 2 is 1.21 bits per heavy atom. The summed E-state index contributed by atoms with van der Waals surface area (Å²) in [6.07, 6.45) is 0. The van der Waals surface area contributed by atoms with Crippen LogP contribution in [0.2, 0.25) is 0 Å². The Morgan fingerprint density at radius 1 is 0.789 bits per heavy atom. The summed E-state index contributed by atoms with van der Waals surface area (Å²) in [5.41, 5.74) is 11.8. The fourth-order valence-corrected chi connectivity index (χ4v) is 3.10. The number of nitrogens with two attached hydrogens (primary N) is 2. The molecule has 0 amide bonds. The van der Waals surface area contributed by atoms with Crippen LogP contribution in [0.5, 0.6) is 11.5 Å². The van der Waals surface area contributed by atoms with Crippen LogP contribution in [0.15, 0.2) is 46.2 Å². The molecule has 98 valence electrons. The van der Waals surface area contributed by atoms with Gasteiger partial charge in [0.1, 0.15) is 0 Å². The van der Waals surface area contributed by atoms with E-state index < -0.39 is 9.84 Å². The van der Waals surface area contributed by atoms with Gasteiger partial charge in [-0.2, -0.15) is 0 Å². The molecule has 0 atom stereocenters. The van der Waals surface area contributed by atoms with E-state index in [1.54, 1.807) is 0 Å². The van der Waals surface area contributed by atoms with Crippen LogP contribution in [0.1, 0.15) is 0 Å². The second-order valence-corrected chi connectivity index (χ2v) is 6.02. The second kappa shape index (κ2) is 3.79. The number of rotatable bonds is 0. The van der Waals surface area contributed by atoms with Gasteiger partial charge in [-0.05, 0) is 36.4 Å². The Balaban J connectivity index is 2.35. The fourth-order valence-electron chi connectivity index (χ4n) is 1.77. The summed E-state index contributed by atoms with van der Waals surface area (Å²) in [5.74, 6) is 0.450. The number of hydrogen-bond acceptors (Lipinski definition) is 6. The minimum absolute atomic E-state index is 0.0754. The molecule has 0 radical (unpaired) electrons. The molecular formula is C12H10N2O4S. The first-order chi connectivity index (χ1) is 8.98. The molecule has 0 saturated heterocycles.